The van der Waals surface area contributed by atoms with E-state index in [9.17, 15) is 9.59 Å². The number of para-hydroxylation sites is 2. The van der Waals surface area contributed by atoms with Crippen molar-refractivity contribution in [2.24, 2.45) is 0 Å². The number of carbonyl (C=O) groups excluding carboxylic acids is 1. The maximum Gasteiger partial charge on any atom is 0.329 e. The molecule has 0 bridgehead atoms. The summed E-state index contributed by atoms with van der Waals surface area (Å²) in [6, 6.07) is 14.9. The van der Waals surface area contributed by atoms with Gasteiger partial charge in [-0.15, -0.1) is 0 Å². The van der Waals surface area contributed by atoms with E-state index >= 15 is 0 Å². The van der Waals surface area contributed by atoms with Crippen LogP contribution in [0, 0.1) is 0 Å². The molecule has 130 valence electrons. The number of aromatic nitrogens is 2. The van der Waals surface area contributed by atoms with Crippen LogP contribution in [0.2, 0.25) is 5.02 Å². The number of carbonyl (C=O) groups is 1. The predicted molar refractivity (Wildman–Crippen MR) is 99.8 cm³/mol. The molecule has 0 fully saturated rings. The molecule has 0 unspecified atom stereocenters. The Labute approximate surface area is 150 Å². The van der Waals surface area contributed by atoms with Crippen LogP contribution in [0.25, 0.3) is 11.0 Å². The number of hydrogen-bond donors (Lipinski definition) is 1. The molecule has 5 nitrogen and oxygen atoms in total. The lowest BCUT2D eigenvalue weighted by molar-refractivity contribution is -0.121. The number of nitrogens with one attached hydrogen (secondary N) is 1. The van der Waals surface area contributed by atoms with Crippen molar-refractivity contribution in [1.29, 1.82) is 0 Å². The number of benzene rings is 2. The summed E-state index contributed by atoms with van der Waals surface area (Å²) >= 11 is 6.10. The van der Waals surface area contributed by atoms with E-state index < -0.39 is 0 Å². The Morgan fingerprint density at radius 1 is 1.04 bits per heavy atom. The number of rotatable bonds is 6. The van der Waals surface area contributed by atoms with Gasteiger partial charge in [0.15, 0.2) is 0 Å². The van der Waals surface area contributed by atoms with E-state index in [2.05, 4.69) is 5.32 Å². The van der Waals surface area contributed by atoms with Gasteiger partial charge in [0.1, 0.15) is 6.54 Å². The molecule has 3 aromatic rings. The van der Waals surface area contributed by atoms with Gasteiger partial charge in [0.05, 0.1) is 11.0 Å². The molecule has 0 aliphatic rings. The first kappa shape index (κ1) is 17.3. The Hall–Kier alpha value is -2.53. The SMILES string of the molecule is CCCn1c(=O)n(CC(=O)NCc2ccccc2Cl)c2ccccc21. The summed E-state index contributed by atoms with van der Waals surface area (Å²) in [5.74, 6) is -0.221. The lowest BCUT2D eigenvalue weighted by Gasteiger charge is -2.07. The van der Waals surface area contributed by atoms with E-state index in [1.807, 2.05) is 49.4 Å². The van der Waals surface area contributed by atoms with Crippen LogP contribution in [0.15, 0.2) is 53.3 Å². The zero-order valence-electron chi connectivity index (χ0n) is 14.0. The van der Waals surface area contributed by atoms with Crippen LogP contribution in [-0.4, -0.2) is 15.0 Å². The molecule has 1 amide bonds. The van der Waals surface area contributed by atoms with E-state index in [1.54, 1.807) is 10.6 Å². The standard InChI is InChI=1S/C19H20ClN3O2/c1-2-11-22-16-9-5-6-10-17(16)23(19(22)25)13-18(24)21-12-14-7-3-4-8-15(14)20/h3-10H,2,11-13H2,1H3,(H,21,24). The molecule has 25 heavy (non-hydrogen) atoms. The zero-order chi connectivity index (χ0) is 17.8. The minimum Gasteiger partial charge on any atom is -0.350 e. The van der Waals surface area contributed by atoms with Crippen LogP contribution in [0.5, 0.6) is 0 Å². The first-order valence-electron chi connectivity index (χ1n) is 8.30. The van der Waals surface area contributed by atoms with Crippen LogP contribution in [0.1, 0.15) is 18.9 Å². The summed E-state index contributed by atoms with van der Waals surface area (Å²) in [6.07, 6.45) is 0.854. The second-order valence-corrected chi connectivity index (χ2v) is 6.28. The summed E-state index contributed by atoms with van der Waals surface area (Å²) in [4.78, 5) is 25.0. The summed E-state index contributed by atoms with van der Waals surface area (Å²) in [6.45, 7) is 2.98. The fourth-order valence-electron chi connectivity index (χ4n) is 2.90. The topological polar surface area (TPSA) is 56.0 Å². The van der Waals surface area contributed by atoms with Gasteiger partial charge in [0, 0.05) is 18.1 Å². The molecule has 1 aromatic heterocycles. The minimum absolute atomic E-state index is 0.0134. The van der Waals surface area contributed by atoms with Gasteiger partial charge in [-0.2, -0.15) is 0 Å². The minimum atomic E-state index is -0.221. The summed E-state index contributed by atoms with van der Waals surface area (Å²) < 4.78 is 3.24. The van der Waals surface area contributed by atoms with Crippen molar-refractivity contribution >= 4 is 28.5 Å². The number of imidazole rings is 1. The summed E-state index contributed by atoms with van der Waals surface area (Å²) in [7, 11) is 0. The Morgan fingerprint density at radius 3 is 2.36 bits per heavy atom. The smallest absolute Gasteiger partial charge is 0.329 e. The van der Waals surface area contributed by atoms with Crippen molar-refractivity contribution < 1.29 is 4.79 Å². The van der Waals surface area contributed by atoms with E-state index in [1.165, 1.54) is 4.57 Å². The molecule has 1 N–H and O–H groups in total. The van der Waals surface area contributed by atoms with Crippen molar-refractivity contribution in [3.63, 3.8) is 0 Å². The molecule has 0 aliphatic carbocycles. The zero-order valence-corrected chi connectivity index (χ0v) is 14.8. The van der Waals surface area contributed by atoms with Crippen LogP contribution < -0.4 is 11.0 Å². The summed E-state index contributed by atoms with van der Waals surface area (Å²) in [5, 5.41) is 3.44. The second-order valence-electron chi connectivity index (χ2n) is 5.88. The van der Waals surface area contributed by atoms with Crippen molar-refractivity contribution in [2.75, 3.05) is 0 Å². The molecule has 1 heterocycles. The average Bonchev–Trinajstić information content (AvgIpc) is 2.87. The lowest BCUT2D eigenvalue weighted by atomic mass is 10.2. The Morgan fingerprint density at radius 2 is 1.68 bits per heavy atom. The third kappa shape index (κ3) is 3.61. The van der Waals surface area contributed by atoms with Gasteiger partial charge in [-0.1, -0.05) is 48.9 Å². The highest BCUT2D eigenvalue weighted by atomic mass is 35.5. The number of amides is 1. The van der Waals surface area contributed by atoms with E-state index in [0.29, 0.717) is 18.1 Å². The number of aryl methyl sites for hydroxylation is 1. The maximum absolute atomic E-state index is 12.7. The van der Waals surface area contributed by atoms with Crippen molar-refractivity contribution in [2.45, 2.75) is 33.0 Å². The van der Waals surface area contributed by atoms with Gasteiger partial charge < -0.3 is 5.32 Å². The van der Waals surface area contributed by atoms with Gasteiger partial charge in [0.25, 0.3) is 0 Å². The Bertz CT molecular complexity index is 959. The Kier molecular flexibility index (Phi) is 5.24. The van der Waals surface area contributed by atoms with Gasteiger partial charge in [0.2, 0.25) is 5.91 Å². The van der Waals surface area contributed by atoms with E-state index in [0.717, 1.165) is 23.0 Å². The molecular weight excluding hydrogens is 338 g/mol. The van der Waals surface area contributed by atoms with E-state index in [-0.39, 0.29) is 18.1 Å². The van der Waals surface area contributed by atoms with Crippen LogP contribution in [0.4, 0.5) is 0 Å². The third-order valence-corrected chi connectivity index (χ3v) is 4.48. The fraction of sp³-hybridized carbons (Fsp3) is 0.263. The predicted octanol–water partition coefficient (Wildman–Crippen LogP) is 3.18. The van der Waals surface area contributed by atoms with Gasteiger partial charge in [-0.25, -0.2) is 4.79 Å². The highest BCUT2D eigenvalue weighted by molar-refractivity contribution is 6.31. The first-order chi connectivity index (χ1) is 12.1. The normalized spacial score (nSPS) is 11.0. The van der Waals surface area contributed by atoms with Crippen LogP contribution in [-0.2, 0) is 24.4 Å². The van der Waals surface area contributed by atoms with Gasteiger partial charge >= 0.3 is 5.69 Å². The molecule has 6 heteroatoms. The molecule has 0 saturated heterocycles. The average molecular weight is 358 g/mol. The van der Waals surface area contributed by atoms with Crippen molar-refractivity contribution in [3.8, 4) is 0 Å². The molecule has 0 spiro atoms. The van der Waals surface area contributed by atoms with Crippen LogP contribution in [0.3, 0.4) is 0 Å². The highest BCUT2D eigenvalue weighted by Gasteiger charge is 2.14. The number of halogens is 1. The second kappa shape index (κ2) is 7.57. The molecule has 0 aliphatic heterocycles. The van der Waals surface area contributed by atoms with Crippen molar-refractivity contribution in [3.05, 3.63) is 69.6 Å². The van der Waals surface area contributed by atoms with Crippen molar-refractivity contribution in [1.82, 2.24) is 14.5 Å². The molecule has 0 radical (unpaired) electrons. The summed E-state index contributed by atoms with van der Waals surface area (Å²) in [5.41, 5.74) is 2.32. The molecule has 2 aromatic carbocycles. The molecular formula is C19H20ClN3O2. The molecule has 3 rings (SSSR count). The van der Waals surface area contributed by atoms with Crippen LogP contribution >= 0.6 is 11.6 Å². The number of hydrogen-bond acceptors (Lipinski definition) is 2. The lowest BCUT2D eigenvalue weighted by Crippen LogP contribution is -2.33. The Balaban J connectivity index is 1.81. The monoisotopic (exact) mass is 357 g/mol. The first-order valence-corrected chi connectivity index (χ1v) is 8.67. The molecule has 0 saturated carbocycles. The van der Waals surface area contributed by atoms with Gasteiger partial charge in [-0.3, -0.25) is 13.9 Å². The number of fused-ring (bicyclic) bond motifs is 1. The quantitative estimate of drug-likeness (QED) is 0.736. The maximum atomic E-state index is 12.7. The number of nitrogens with zero attached hydrogens (tertiary/aromatic N) is 2. The third-order valence-electron chi connectivity index (χ3n) is 4.11. The highest BCUT2D eigenvalue weighted by Crippen LogP contribution is 2.15. The van der Waals surface area contributed by atoms with E-state index in [4.69, 9.17) is 11.6 Å². The largest absolute Gasteiger partial charge is 0.350 e. The molecule has 0 atom stereocenters. The fourth-order valence-corrected chi connectivity index (χ4v) is 3.10. The van der Waals surface area contributed by atoms with Gasteiger partial charge in [-0.05, 0) is 30.2 Å².